The van der Waals surface area contributed by atoms with Gasteiger partial charge in [0, 0.05) is 31.7 Å². The van der Waals surface area contributed by atoms with E-state index in [1.807, 2.05) is 24.3 Å². The van der Waals surface area contributed by atoms with Gasteiger partial charge in [0.05, 0.1) is 10.8 Å². The zero-order valence-corrected chi connectivity index (χ0v) is 18.6. The van der Waals surface area contributed by atoms with Crippen molar-refractivity contribution >= 4 is 27.5 Å². The molecule has 4 rings (SSSR count). The number of hydrogen-bond acceptors (Lipinski definition) is 5. The minimum Gasteiger partial charge on any atom is -0.360 e. The van der Waals surface area contributed by atoms with Gasteiger partial charge in [-0.3, -0.25) is 4.79 Å². The summed E-state index contributed by atoms with van der Waals surface area (Å²) in [6.07, 6.45) is 0. The van der Waals surface area contributed by atoms with E-state index >= 15 is 0 Å². The van der Waals surface area contributed by atoms with Crippen molar-refractivity contribution in [3.8, 4) is 11.3 Å². The van der Waals surface area contributed by atoms with E-state index in [1.165, 1.54) is 4.31 Å². The highest BCUT2D eigenvalue weighted by molar-refractivity contribution is 7.88. The van der Waals surface area contributed by atoms with Crippen LogP contribution in [0.4, 0.5) is 0 Å². The number of carbonyl (C=O) groups excluding carboxylic acids is 1. The van der Waals surface area contributed by atoms with Gasteiger partial charge in [-0.2, -0.15) is 4.31 Å². The molecule has 1 saturated heterocycles. The average molecular weight is 460 g/mol. The molecule has 0 unspecified atom stereocenters. The monoisotopic (exact) mass is 459 g/mol. The van der Waals surface area contributed by atoms with Crippen LogP contribution in [0.3, 0.4) is 0 Å². The van der Waals surface area contributed by atoms with E-state index in [0.717, 1.165) is 5.56 Å². The maximum atomic E-state index is 13.2. The topological polar surface area (TPSA) is 83.7 Å². The highest BCUT2D eigenvalue weighted by Crippen LogP contribution is 2.32. The Balaban J connectivity index is 1.48. The summed E-state index contributed by atoms with van der Waals surface area (Å²) in [6.45, 7) is 2.75. The number of sulfonamides is 1. The van der Waals surface area contributed by atoms with Crippen molar-refractivity contribution in [1.82, 2.24) is 14.4 Å². The molecule has 1 fully saturated rings. The number of piperazine rings is 1. The van der Waals surface area contributed by atoms with Gasteiger partial charge in [-0.25, -0.2) is 8.42 Å². The molecule has 7 nitrogen and oxygen atoms in total. The number of aryl methyl sites for hydroxylation is 1. The van der Waals surface area contributed by atoms with Crippen LogP contribution in [0.15, 0.2) is 59.1 Å². The van der Waals surface area contributed by atoms with E-state index in [1.54, 1.807) is 42.2 Å². The summed E-state index contributed by atoms with van der Waals surface area (Å²) < 4.78 is 32.3. The molecule has 2 aromatic carbocycles. The van der Waals surface area contributed by atoms with Crippen molar-refractivity contribution in [1.29, 1.82) is 0 Å². The number of benzene rings is 2. The van der Waals surface area contributed by atoms with Crippen LogP contribution in [-0.2, 0) is 15.8 Å². The molecular weight excluding hydrogens is 438 g/mol. The van der Waals surface area contributed by atoms with E-state index in [4.69, 9.17) is 16.1 Å². The smallest absolute Gasteiger partial charge is 0.259 e. The molecular formula is C22H22ClN3O4S. The molecule has 0 N–H and O–H groups in total. The maximum Gasteiger partial charge on any atom is 0.259 e. The van der Waals surface area contributed by atoms with Crippen molar-refractivity contribution in [2.45, 2.75) is 12.7 Å². The highest BCUT2D eigenvalue weighted by Gasteiger charge is 2.32. The number of halogens is 1. The van der Waals surface area contributed by atoms with Crippen molar-refractivity contribution in [3.05, 3.63) is 76.5 Å². The SMILES string of the molecule is Cc1onc(-c2ccccc2Cl)c1C(=O)N1CCN(S(=O)(=O)Cc2ccccc2)CC1. The fourth-order valence-electron chi connectivity index (χ4n) is 3.66. The Hall–Kier alpha value is -2.68. The fraction of sp³-hybridized carbons (Fsp3) is 0.273. The van der Waals surface area contributed by atoms with Crippen LogP contribution in [0.5, 0.6) is 0 Å². The van der Waals surface area contributed by atoms with Crippen molar-refractivity contribution in [2.24, 2.45) is 0 Å². The summed E-state index contributed by atoms with van der Waals surface area (Å²) in [5, 5.41) is 4.52. The molecule has 0 atom stereocenters. The van der Waals surface area contributed by atoms with Gasteiger partial charge in [0.25, 0.3) is 5.91 Å². The van der Waals surface area contributed by atoms with Gasteiger partial charge in [-0.1, -0.05) is 65.3 Å². The first-order chi connectivity index (χ1) is 14.9. The molecule has 3 aromatic rings. The van der Waals surface area contributed by atoms with E-state index in [2.05, 4.69) is 5.16 Å². The van der Waals surface area contributed by atoms with Gasteiger partial charge < -0.3 is 9.42 Å². The molecule has 31 heavy (non-hydrogen) atoms. The van der Waals surface area contributed by atoms with Gasteiger partial charge in [0.15, 0.2) is 0 Å². The van der Waals surface area contributed by atoms with Crippen LogP contribution in [0.25, 0.3) is 11.3 Å². The molecule has 162 valence electrons. The first-order valence-corrected chi connectivity index (χ1v) is 11.9. The quantitative estimate of drug-likeness (QED) is 0.582. The lowest BCUT2D eigenvalue weighted by molar-refractivity contribution is 0.0696. The molecule has 1 aliphatic rings. The predicted octanol–water partition coefficient (Wildman–Crippen LogP) is 3.59. The Kier molecular flexibility index (Phi) is 6.13. The Labute approximate surface area is 186 Å². The minimum atomic E-state index is -3.46. The number of carbonyl (C=O) groups is 1. The second kappa shape index (κ2) is 8.82. The lowest BCUT2D eigenvalue weighted by atomic mass is 10.0. The Morgan fingerprint density at radius 1 is 1.03 bits per heavy atom. The number of rotatable bonds is 5. The summed E-state index contributed by atoms with van der Waals surface area (Å²) >= 11 is 6.29. The van der Waals surface area contributed by atoms with E-state index in [0.29, 0.717) is 40.7 Å². The second-order valence-corrected chi connectivity index (χ2v) is 9.75. The third-order valence-corrected chi connectivity index (χ3v) is 7.50. The summed E-state index contributed by atoms with van der Waals surface area (Å²) in [5.74, 6) is 0.108. The van der Waals surface area contributed by atoms with Crippen LogP contribution in [-0.4, -0.2) is 54.9 Å². The molecule has 1 amide bonds. The molecule has 0 aliphatic carbocycles. The molecule has 9 heteroatoms. The molecule has 1 aliphatic heterocycles. The van der Waals surface area contributed by atoms with Crippen molar-refractivity contribution in [3.63, 3.8) is 0 Å². The Bertz CT molecular complexity index is 1190. The molecule has 0 spiro atoms. The van der Waals surface area contributed by atoms with Gasteiger partial charge in [-0.15, -0.1) is 0 Å². The average Bonchev–Trinajstić information content (AvgIpc) is 3.15. The standard InChI is InChI=1S/C22H22ClN3O4S/c1-16-20(21(24-30-16)18-9-5-6-10-19(18)23)22(27)25-11-13-26(14-12-25)31(28,29)15-17-7-3-2-4-8-17/h2-10H,11-15H2,1H3. The number of nitrogens with zero attached hydrogens (tertiary/aromatic N) is 3. The van der Waals surface area contributed by atoms with E-state index in [9.17, 15) is 13.2 Å². The van der Waals surface area contributed by atoms with Crippen LogP contribution in [0, 0.1) is 6.92 Å². The van der Waals surface area contributed by atoms with Crippen LogP contribution < -0.4 is 0 Å². The van der Waals surface area contributed by atoms with Gasteiger partial charge in [-0.05, 0) is 18.6 Å². The van der Waals surface area contributed by atoms with Crippen LogP contribution >= 0.6 is 11.6 Å². The molecule has 0 saturated carbocycles. The molecule has 0 radical (unpaired) electrons. The van der Waals surface area contributed by atoms with Crippen molar-refractivity contribution < 1.29 is 17.7 Å². The van der Waals surface area contributed by atoms with Gasteiger partial charge in [0.2, 0.25) is 10.0 Å². The molecule has 1 aromatic heterocycles. The maximum absolute atomic E-state index is 13.2. The van der Waals surface area contributed by atoms with Crippen molar-refractivity contribution in [2.75, 3.05) is 26.2 Å². The Morgan fingerprint density at radius 3 is 2.35 bits per heavy atom. The first kappa shape index (κ1) is 21.5. The summed E-state index contributed by atoms with van der Waals surface area (Å²) in [7, 11) is -3.46. The predicted molar refractivity (Wildman–Crippen MR) is 118 cm³/mol. The van der Waals surface area contributed by atoms with E-state index < -0.39 is 10.0 Å². The molecule has 0 bridgehead atoms. The Morgan fingerprint density at radius 2 is 1.68 bits per heavy atom. The summed E-state index contributed by atoms with van der Waals surface area (Å²) in [4.78, 5) is 14.9. The van der Waals surface area contributed by atoms with Gasteiger partial charge >= 0.3 is 0 Å². The summed E-state index contributed by atoms with van der Waals surface area (Å²) in [5.41, 5.74) is 2.11. The van der Waals surface area contributed by atoms with Gasteiger partial charge in [0.1, 0.15) is 17.0 Å². The minimum absolute atomic E-state index is 0.0524. The number of hydrogen-bond donors (Lipinski definition) is 0. The van der Waals surface area contributed by atoms with E-state index in [-0.39, 0.29) is 24.7 Å². The lowest BCUT2D eigenvalue weighted by Gasteiger charge is -2.34. The number of amides is 1. The molecule has 2 heterocycles. The highest BCUT2D eigenvalue weighted by atomic mass is 35.5. The second-order valence-electron chi connectivity index (χ2n) is 7.38. The zero-order valence-electron chi connectivity index (χ0n) is 17.0. The number of aromatic nitrogens is 1. The normalized spacial score (nSPS) is 15.2. The zero-order chi connectivity index (χ0) is 22.0. The van der Waals surface area contributed by atoms with Crippen LogP contribution in [0.2, 0.25) is 5.02 Å². The summed E-state index contributed by atoms with van der Waals surface area (Å²) in [6, 6.07) is 16.2. The van der Waals surface area contributed by atoms with Crippen LogP contribution in [0.1, 0.15) is 21.7 Å². The largest absolute Gasteiger partial charge is 0.360 e. The third-order valence-electron chi connectivity index (χ3n) is 5.32. The lowest BCUT2D eigenvalue weighted by Crippen LogP contribution is -2.50. The first-order valence-electron chi connectivity index (χ1n) is 9.89. The fourth-order valence-corrected chi connectivity index (χ4v) is 5.41. The third kappa shape index (κ3) is 4.51.